The minimum atomic E-state index is -1.02. The van der Waals surface area contributed by atoms with Gasteiger partial charge in [-0.25, -0.2) is 4.39 Å². The number of fused-ring (bicyclic) bond motifs is 2. The van der Waals surface area contributed by atoms with E-state index in [1.165, 1.54) is 32.2 Å². The molecule has 3 aromatic rings. The average molecular weight is 390 g/mol. The first kappa shape index (κ1) is 18.9. The first-order chi connectivity index (χ1) is 14.0. The van der Waals surface area contributed by atoms with Crippen molar-refractivity contribution in [3.8, 4) is 17.2 Å². The molecule has 0 spiro atoms. The van der Waals surface area contributed by atoms with Crippen LogP contribution in [0.25, 0.3) is 0 Å². The normalized spacial score (nSPS) is 15.5. The molecule has 1 heterocycles. The van der Waals surface area contributed by atoms with E-state index in [9.17, 15) is 14.0 Å². The molecule has 0 aromatic heterocycles. The van der Waals surface area contributed by atoms with Crippen LogP contribution in [0.3, 0.4) is 0 Å². The summed E-state index contributed by atoms with van der Waals surface area (Å²) in [4.78, 5) is 26.2. The molecule has 0 saturated carbocycles. The lowest BCUT2D eigenvalue weighted by molar-refractivity contribution is -0.119. The zero-order chi connectivity index (χ0) is 20.5. The van der Waals surface area contributed by atoms with Gasteiger partial charge >= 0.3 is 0 Å². The Bertz CT molecular complexity index is 1110. The maximum absolute atomic E-state index is 14.1. The molecule has 3 aromatic carbocycles. The molecule has 0 unspecified atom stereocenters. The average Bonchev–Trinajstić information content (AvgIpc) is 2.73. The van der Waals surface area contributed by atoms with Crippen LogP contribution in [-0.4, -0.2) is 18.7 Å². The Morgan fingerprint density at radius 2 is 1.72 bits per heavy atom. The first-order valence-electron chi connectivity index (χ1n) is 9.24. The molecule has 0 aliphatic carbocycles. The van der Waals surface area contributed by atoms with Crippen LogP contribution in [0.5, 0.6) is 17.2 Å². The van der Waals surface area contributed by atoms with Gasteiger partial charge in [-0.3, -0.25) is 9.59 Å². The van der Waals surface area contributed by atoms with E-state index in [0.29, 0.717) is 33.9 Å². The van der Waals surface area contributed by atoms with E-state index < -0.39 is 17.7 Å². The molecule has 29 heavy (non-hydrogen) atoms. The van der Waals surface area contributed by atoms with Crippen molar-refractivity contribution in [3.63, 3.8) is 0 Å². The third-order valence-corrected chi connectivity index (χ3v) is 5.19. The summed E-state index contributed by atoms with van der Waals surface area (Å²) in [5.74, 6) is -1.23. The van der Waals surface area contributed by atoms with Crippen LogP contribution >= 0.6 is 0 Å². The standard InChI is InChI=1S/C24H19FO4/c1-14(26)22(24(27)15-6-5-7-17(12-15)28-2)23-18-8-3-4-9-20(18)29-21-11-10-16(25)13-19(21)23/h3-13,22-23H,1-2H3/t22-,23+/m1/s1. The van der Waals surface area contributed by atoms with Crippen molar-refractivity contribution in [3.05, 3.63) is 89.2 Å². The van der Waals surface area contributed by atoms with E-state index >= 15 is 0 Å². The number of hydrogen-bond acceptors (Lipinski definition) is 4. The predicted molar refractivity (Wildman–Crippen MR) is 106 cm³/mol. The monoisotopic (exact) mass is 390 g/mol. The Balaban J connectivity index is 1.89. The topological polar surface area (TPSA) is 52.6 Å². The summed E-state index contributed by atoms with van der Waals surface area (Å²) in [6.07, 6.45) is 0. The number of carbonyl (C=O) groups excluding carboxylic acids is 2. The summed E-state index contributed by atoms with van der Waals surface area (Å²) < 4.78 is 25.2. The molecule has 0 radical (unpaired) electrons. The summed E-state index contributed by atoms with van der Waals surface area (Å²) in [6.45, 7) is 1.39. The largest absolute Gasteiger partial charge is 0.497 e. The Labute approximate surface area is 167 Å². The van der Waals surface area contributed by atoms with E-state index in [4.69, 9.17) is 9.47 Å². The zero-order valence-electron chi connectivity index (χ0n) is 16.0. The number of benzene rings is 3. The van der Waals surface area contributed by atoms with Crippen LogP contribution in [0.2, 0.25) is 0 Å². The minimum Gasteiger partial charge on any atom is -0.497 e. The van der Waals surface area contributed by atoms with Gasteiger partial charge in [-0.1, -0.05) is 30.3 Å². The SMILES string of the molecule is COc1cccc(C(=O)[C@H](C(C)=O)[C@H]2c3ccccc3Oc3ccc(F)cc32)c1. The number of rotatable bonds is 5. The van der Waals surface area contributed by atoms with Crippen LogP contribution in [0.1, 0.15) is 34.3 Å². The number of carbonyl (C=O) groups is 2. The quantitative estimate of drug-likeness (QED) is 0.446. The van der Waals surface area contributed by atoms with Crippen molar-refractivity contribution < 1.29 is 23.5 Å². The van der Waals surface area contributed by atoms with E-state index in [-0.39, 0.29) is 11.6 Å². The van der Waals surface area contributed by atoms with Gasteiger partial charge in [0, 0.05) is 22.6 Å². The highest BCUT2D eigenvalue weighted by molar-refractivity contribution is 6.11. The zero-order valence-corrected chi connectivity index (χ0v) is 16.0. The number of ether oxygens (including phenoxy) is 2. The lowest BCUT2D eigenvalue weighted by Crippen LogP contribution is -2.31. The first-order valence-corrected chi connectivity index (χ1v) is 9.24. The van der Waals surface area contributed by atoms with Crippen molar-refractivity contribution in [2.45, 2.75) is 12.8 Å². The Hall–Kier alpha value is -3.47. The fourth-order valence-corrected chi connectivity index (χ4v) is 3.86. The summed E-state index contributed by atoms with van der Waals surface area (Å²) in [5.41, 5.74) is 1.54. The van der Waals surface area contributed by atoms with E-state index in [0.717, 1.165) is 0 Å². The molecule has 2 atom stereocenters. The molecule has 4 rings (SSSR count). The third-order valence-electron chi connectivity index (χ3n) is 5.19. The Morgan fingerprint density at radius 1 is 0.966 bits per heavy atom. The van der Waals surface area contributed by atoms with Gasteiger partial charge in [-0.05, 0) is 43.3 Å². The van der Waals surface area contributed by atoms with Gasteiger partial charge in [0.25, 0.3) is 0 Å². The smallest absolute Gasteiger partial charge is 0.174 e. The van der Waals surface area contributed by atoms with Crippen molar-refractivity contribution in [1.29, 1.82) is 0 Å². The van der Waals surface area contributed by atoms with Crippen LogP contribution in [-0.2, 0) is 4.79 Å². The molecule has 1 aliphatic heterocycles. The van der Waals surface area contributed by atoms with E-state index in [2.05, 4.69) is 0 Å². The van der Waals surface area contributed by atoms with Crippen molar-refractivity contribution in [1.82, 2.24) is 0 Å². The molecular formula is C24H19FO4. The third kappa shape index (κ3) is 3.40. The summed E-state index contributed by atoms with van der Waals surface area (Å²) >= 11 is 0. The highest BCUT2D eigenvalue weighted by Gasteiger charge is 2.40. The summed E-state index contributed by atoms with van der Waals surface area (Å²) in [7, 11) is 1.51. The summed E-state index contributed by atoms with van der Waals surface area (Å²) in [5, 5.41) is 0. The van der Waals surface area contributed by atoms with Crippen LogP contribution < -0.4 is 9.47 Å². The molecule has 0 bridgehead atoms. The van der Waals surface area contributed by atoms with E-state index in [1.807, 2.05) is 18.2 Å². The van der Waals surface area contributed by atoms with Crippen LogP contribution in [0, 0.1) is 11.7 Å². The Morgan fingerprint density at radius 3 is 2.48 bits per heavy atom. The fourth-order valence-electron chi connectivity index (χ4n) is 3.86. The van der Waals surface area contributed by atoms with Crippen molar-refractivity contribution >= 4 is 11.6 Å². The number of Topliss-reactive ketones (excluding diaryl/α,β-unsaturated/α-hetero) is 2. The van der Waals surface area contributed by atoms with Gasteiger partial charge < -0.3 is 9.47 Å². The van der Waals surface area contributed by atoms with Gasteiger partial charge in [0.05, 0.1) is 13.0 Å². The highest BCUT2D eigenvalue weighted by Crippen LogP contribution is 2.48. The summed E-state index contributed by atoms with van der Waals surface area (Å²) in [6, 6.07) is 18.1. The number of methoxy groups -OCH3 is 1. The number of para-hydroxylation sites is 1. The van der Waals surface area contributed by atoms with Crippen LogP contribution in [0.15, 0.2) is 66.7 Å². The molecule has 0 fully saturated rings. The van der Waals surface area contributed by atoms with Gasteiger partial charge in [0.1, 0.15) is 28.8 Å². The fraction of sp³-hybridized carbons (Fsp3) is 0.167. The molecule has 146 valence electrons. The highest BCUT2D eigenvalue weighted by atomic mass is 19.1. The predicted octanol–water partition coefficient (Wildman–Crippen LogP) is 5.16. The molecule has 4 nitrogen and oxygen atoms in total. The van der Waals surface area contributed by atoms with Crippen LogP contribution in [0.4, 0.5) is 4.39 Å². The Kier molecular flexibility index (Phi) is 4.89. The molecule has 1 aliphatic rings. The lowest BCUT2D eigenvalue weighted by atomic mass is 9.74. The van der Waals surface area contributed by atoms with Crippen molar-refractivity contribution in [2.75, 3.05) is 7.11 Å². The second-order valence-electron chi connectivity index (χ2n) is 6.98. The van der Waals surface area contributed by atoms with E-state index in [1.54, 1.807) is 30.3 Å². The molecule has 0 amide bonds. The molecular weight excluding hydrogens is 371 g/mol. The lowest BCUT2D eigenvalue weighted by Gasteiger charge is -2.32. The van der Waals surface area contributed by atoms with Gasteiger partial charge in [-0.2, -0.15) is 0 Å². The van der Waals surface area contributed by atoms with Gasteiger partial charge in [0.2, 0.25) is 0 Å². The minimum absolute atomic E-state index is 0.297. The molecule has 0 N–H and O–H groups in total. The number of ketones is 2. The second kappa shape index (κ2) is 7.51. The second-order valence-corrected chi connectivity index (χ2v) is 6.98. The number of hydrogen-bond donors (Lipinski definition) is 0. The maximum atomic E-state index is 14.1. The van der Waals surface area contributed by atoms with Crippen molar-refractivity contribution in [2.24, 2.45) is 5.92 Å². The van der Waals surface area contributed by atoms with Gasteiger partial charge in [0.15, 0.2) is 5.78 Å². The number of halogens is 1. The molecule has 5 heteroatoms. The van der Waals surface area contributed by atoms with Gasteiger partial charge in [-0.15, -0.1) is 0 Å². The maximum Gasteiger partial charge on any atom is 0.174 e. The molecule has 0 saturated heterocycles.